The highest BCUT2D eigenvalue weighted by molar-refractivity contribution is 6.36. The van der Waals surface area contributed by atoms with E-state index in [1.165, 1.54) is 4.90 Å². The highest BCUT2D eigenvalue weighted by Gasteiger charge is 2.29. The van der Waals surface area contributed by atoms with E-state index in [1.807, 2.05) is 18.2 Å². The molecular formula is C16H21ClN4O3. The lowest BCUT2D eigenvalue weighted by Gasteiger charge is -2.36. The van der Waals surface area contributed by atoms with Gasteiger partial charge in [-0.3, -0.25) is 19.3 Å². The van der Waals surface area contributed by atoms with Gasteiger partial charge >= 0.3 is 11.8 Å². The van der Waals surface area contributed by atoms with Gasteiger partial charge in [0.05, 0.1) is 0 Å². The number of benzene rings is 1. The first-order valence-corrected chi connectivity index (χ1v) is 8.20. The summed E-state index contributed by atoms with van der Waals surface area (Å²) >= 11 is 5.99. The van der Waals surface area contributed by atoms with Crippen LogP contribution >= 0.6 is 11.6 Å². The Morgan fingerprint density at radius 2 is 1.96 bits per heavy atom. The number of piperazine rings is 1. The number of carbonyl (C=O) groups excluding carboxylic acids is 3. The predicted octanol–water partition coefficient (Wildman–Crippen LogP) is 0.322. The van der Waals surface area contributed by atoms with Crippen molar-refractivity contribution in [2.24, 2.45) is 5.73 Å². The van der Waals surface area contributed by atoms with Gasteiger partial charge < -0.3 is 15.5 Å². The maximum Gasteiger partial charge on any atom is 0.318 e. The molecule has 0 bridgehead atoms. The third kappa shape index (κ3) is 4.46. The largest absolute Gasteiger partial charge is 0.368 e. The third-order valence-corrected chi connectivity index (χ3v) is 4.15. The molecule has 2 N–H and O–H groups in total. The van der Waals surface area contributed by atoms with E-state index >= 15 is 0 Å². The molecule has 0 spiro atoms. The molecular weight excluding hydrogens is 332 g/mol. The quantitative estimate of drug-likeness (QED) is 0.609. The van der Waals surface area contributed by atoms with E-state index in [0.29, 0.717) is 50.6 Å². The van der Waals surface area contributed by atoms with Crippen molar-refractivity contribution in [3.63, 3.8) is 0 Å². The molecule has 1 aliphatic rings. The molecule has 1 heterocycles. The van der Waals surface area contributed by atoms with Crippen LogP contribution in [0.5, 0.6) is 0 Å². The van der Waals surface area contributed by atoms with E-state index in [-0.39, 0.29) is 6.54 Å². The Balaban J connectivity index is 1.92. The summed E-state index contributed by atoms with van der Waals surface area (Å²) in [4.78, 5) is 39.8. The van der Waals surface area contributed by atoms with Gasteiger partial charge in [-0.2, -0.15) is 0 Å². The topological polar surface area (TPSA) is 86.9 Å². The molecule has 8 heteroatoms. The lowest BCUT2D eigenvalue weighted by atomic mass is 10.2. The van der Waals surface area contributed by atoms with E-state index < -0.39 is 11.8 Å². The molecule has 0 aliphatic carbocycles. The van der Waals surface area contributed by atoms with Gasteiger partial charge in [-0.15, -0.1) is 0 Å². The fourth-order valence-corrected chi connectivity index (χ4v) is 2.75. The Labute approximate surface area is 145 Å². The predicted molar refractivity (Wildman–Crippen MR) is 91.7 cm³/mol. The van der Waals surface area contributed by atoms with Crippen LogP contribution in [-0.2, 0) is 14.4 Å². The average molecular weight is 353 g/mol. The zero-order valence-corrected chi connectivity index (χ0v) is 14.1. The zero-order valence-electron chi connectivity index (χ0n) is 13.4. The van der Waals surface area contributed by atoms with Crippen molar-refractivity contribution < 1.29 is 14.4 Å². The van der Waals surface area contributed by atoms with Gasteiger partial charge in [-0.25, -0.2) is 0 Å². The minimum atomic E-state index is -0.797. The van der Waals surface area contributed by atoms with Crippen LogP contribution in [0.4, 0.5) is 5.69 Å². The number of nitrogens with two attached hydrogens (primary N) is 1. The molecule has 1 aromatic carbocycles. The maximum absolute atomic E-state index is 12.3. The molecule has 0 saturated carbocycles. The number of hydrogen-bond acceptors (Lipinski definition) is 5. The molecule has 0 atom stereocenters. The molecule has 3 amide bonds. The van der Waals surface area contributed by atoms with Crippen molar-refractivity contribution in [2.45, 2.75) is 6.42 Å². The van der Waals surface area contributed by atoms with Crippen LogP contribution < -0.4 is 10.6 Å². The number of imide groups is 1. The zero-order chi connectivity index (χ0) is 17.5. The molecule has 7 nitrogen and oxygen atoms in total. The molecule has 130 valence electrons. The standard InChI is InChI=1S/C16H21ClN4O3/c17-13-3-1-4-14(11-13)19-7-9-20(10-8-19)15(23)16(24)21(12-22)6-2-5-18/h1,3-4,11-12H,2,5-10,18H2. The van der Waals surface area contributed by atoms with Crippen molar-refractivity contribution in [1.82, 2.24) is 9.80 Å². The van der Waals surface area contributed by atoms with Gasteiger partial charge in [-0.1, -0.05) is 17.7 Å². The second kappa shape index (κ2) is 8.65. The Kier molecular flexibility index (Phi) is 6.57. The van der Waals surface area contributed by atoms with Crippen LogP contribution in [0.25, 0.3) is 0 Å². The molecule has 2 rings (SSSR count). The van der Waals surface area contributed by atoms with Crippen LogP contribution in [0.2, 0.25) is 5.02 Å². The molecule has 1 fully saturated rings. The summed E-state index contributed by atoms with van der Waals surface area (Å²) in [5.41, 5.74) is 6.35. The van der Waals surface area contributed by atoms with Gasteiger partial charge in [0.25, 0.3) is 0 Å². The first-order valence-electron chi connectivity index (χ1n) is 7.82. The summed E-state index contributed by atoms with van der Waals surface area (Å²) in [6, 6.07) is 7.50. The van der Waals surface area contributed by atoms with E-state index in [4.69, 9.17) is 17.3 Å². The van der Waals surface area contributed by atoms with Crippen molar-refractivity contribution in [1.29, 1.82) is 0 Å². The number of nitrogens with zero attached hydrogens (tertiary/aromatic N) is 3. The van der Waals surface area contributed by atoms with Crippen LogP contribution in [0.1, 0.15) is 6.42 Å². The Morgan fingerprint density at radius 1 is 1.25 bits per heavy atom. The molecule has 1 aliphatic heterocycles. The SMILES string of the molecule is NCCCN(C=O)C(=O)C(=O)N1CCN(c2cccc(Cl)c2)CC1. The van der Waals surface area contributed by atoms with Crippen molar-refractivity contribution >= 4 is 35.5 Å². The average Bonchev–Trinajstić information content (AvgIpc) is 2.61. The first-order chi connectivity index (χ1) is 11.6. The van der Waals surface area contributed by atoms with Crippen LogP contribution in [0.3, 0.4) is 0 Å². The second-order valence-electron chi connectivity index (χ2n) is 5.51. The van der Waals surface area contributed by atoms with E-state index in [9.17, 15) is 14.4 Å². The molecule has 0 radical (unpaired) electrons. The number of halogens is 1. The van der Waals surface area contributed by atoms with Crippen molar-refractivity contribution in [2.75, 3.05) is 44.2 Å². The van der Waals surface area contributed by atoms with Gasteiger partial charge in [0, 0.05) is 43.4 Å². The van der Waals surface area contributed by atoms with E-state index in [0.717, 1.165) is 10.6 Å². The fourth-order valence-electron chi connectivity index (χ4n) is 2.56. The number of hydrogen-bond donors (Lipinski definition) is 1. The number of anilines is 1. The first kappa shape index (κ1) is 18.2. The summed E-state index contributed by atoms with van der Waals surface area (Å²) < 4.78 is 0. The molecule has 1 aromatic rings. The maximum atomic E-state index is 12.3. The highest BCUT2D eigenvalue weighted by atomic mass is 35.5. The Hall–Kier alpha value is -2.12. The van der Waals surface area contributed by atoms with Crippen molar-refractivity contribution in [3.05, 3.63) is 29.3 Å². The lowest BCUT2D eigenvalue weighted by Crippen LogP contribution is -2.53. The Morgan fingerprint density at radius 3 is 2.54 bits per heavy atom. The fraction of sp³-hybridized carbons (Fsp3) is 0.438. The smallest absolute Gasteiger partial charge is 0.318 e. The lowest BCUT2D eigenvalue weighted by molar-refractivity contribution is -0.154. The van der Waals surface area contributed by atoms with Crippen molar-refractivity contribution in [3.8, 4) is 0 Å². The molecule has 0 unspecified atom stereocenters. The monoisotopic (exact) mass is 352 g/mol. The normalized spacial score (nSPS) is 14.4. The number of rotatable bonds is 5. The second-order valence-corrected chi connectivity index (χ2v) is 5.94. The summed E-state index contributed by atoms with van der Waals surface area (Å²) in [5, 5.41) is 0.655. The van der Waals surface area contributed by atoms with Crippen LogP contribution in [0, 0.1) is 0 Å². The minimum absolute atomic E-state index is 0.160. The van der Waals surface area contributed by atoms with E-state index in [2.05, 4.69) is 4.90 Å². The molecule has 0 aromatic heterocycles. The van der Waals surface area contributed by atoms with Gasteiger partial charge in [0.15, 0.2) is 0 Å². The summed E-state index contributed by atoms with van der Waals surface area (Å²) in [6.45, 7) is 2.55. The third-order valence-electron chi connectivity index (χ3n) is 3.91. The van der Waals surface area contributed by atoms with Crippen LogP contribution in [-0.4, -0.2) is 67.3 Å². The summed E-state index contributed by atoms with van der Waals surface area (Å²) in [5.74, 6) is -1.44. The van der Waals surface area contributed by atoms with E-state index in [1.54, 1.807) is 6.07 Å². The van der Waals surface area contributed by atoms with Crippen LogP contribution in [0.15, 0.2) is 24.3 Å². The van der Waals surface area contributed by atoms with Gasteiger partial charge in [0.1, 0.15) is 0 Å². The number of carbonyl (C=O) groups is 3. The number of amides is 3. The highest BCUT2D eigenvalue weighted by Crippen LogP contribution is 2.20. The van der Waals surface area contributed by atoms with Gasteiger partial charge in [-0.05, 0) is 31.2 Å². The molecule has 1 saturated heterocycles. The summed E-state index contributed by atoms with van der Waals surface area (Å²) in [7, 11) is 0. The summed E-state index contributed by atoms with van der Waals surface area (Å²) in [6.07, 6.45) is 0.860. The minimum Gasteiger partial charge on any atom is -0.368 e. The molecule has 24 heavy (non-hydrogen) atoms. The Bertz CT molecular complexity index is 603. The van der Waals surface area contributed by atoms with Gasteiger partial charge in [0.2, 0.25) is 6.41 Å².